The molecule has 2 fully saturated rings. The van der Waals surface area contributed by atoms with Crippen LogP contribution in [0.4, 0.5) is 11.8 Å². The standard InChI is InChI=1S/C19H22N8O/c20-18-24-15-12(8-21-26-15)16(25-18)27-7-1-5-19(9-27)6-4-11-13(19)22-14(10-2-3-10)23-17(11)28/h8,10H,1-7,9H2,(H,22,23,28)(H3,20,21,24,25,26). The molecule has 3 aromatic rings. The van der Waals surface area contributed by atoms with Gasteiger partial charge in [-0.1, -0.05) is 0 Å². The number of nitrogen functional groups attached to an aromatic ring is 1. The maximum atomic E-state index is 12.7. The van der Waals surface area contributed by atoms with Crippen molar-refractivity contribution in [3.8, 4) is 0 Å². The summed E-state index contributed by atoms with van der Waals surface area (Å²) in [5, 5.41) is 7.87. The maximum absolute atomic E-state index is 12.7. The Morgan fingerprint density at radius 3 is 2.96 bits per heavy atom. The van der Waals surface area contributed by atoms with Crippen LogP contribution in [-0.2, 0) is 11.8 Å². The van der Waals surface area contributed by atoms with Gasteiger partial charge >= 0.3 is 0 Å². The fourth-order valence-electron chi connectivity index (χ4n) is 5.01. The molecule has 3 aliphatic rings. The molecule has 0 amide bonds. The SMILES string of the molecule is Nc1nc(N2CCCC3(CCc4c3nc(C3CC3)[nH]c4=O)C2)c2cn[nH]c2n1. The van der Waals surface area contributed by atoms with Crippen LogP contribution in [0.5, 0.6) is 0 Å². The molecule has 144 valence electrons. The molecule has 1 atom stereocenters. The molecular formula is C19H22N8O. The number of nitrogens with two attached hydrogens (primary N) is 1. The molecule has 1 aliphatic heterocycles. The van der Waals surface area contributed by atoms with Gasteiger partial charge in [-0.3, -0.25) is 9.89 Å². The van der Waals surface area contributed by atoms with Gasteiger partial charge in [-0.15, -0.1) is 0 Å². The van der Waals surface area contributed by atoms with Gasteiger partial charge in [0.1, 0.15) is 11.6 Å². The number of piperidine rings is 1. The Hall–Kier alpha value is -2.97. The summed E-state index contributed by atoms with van der Waals surface area (Å²) in [6, 6.07) is 0. The molecule has 1 spiro atoms. The van der Waals surface area contributed by atoms with Gasteiger partial charge < -0.3 is 15.6 Å². The number of hydrogen-bond donors (Lipinski definition) is 3. The van der Waals surface area contributed by atoms with Gasteiger partial charge in [-0.25, -0.2) is 4.98 Å². The van der Waals surface area contributed by atoms with Crippen LogP contribution in [-0.4, -0.2) is 43.2 Å². The predicted molar refractivity (Wildman–Crippen MR) is 104 cm³/mol. The monoisotopic (exact) mass is 378 g/mol. The van der Waals surface area contributed by atoms with Crippen molar-refractivity contribution in [3.63, 3.8) is 0 Å². The number of fused-ring (bicyclic) bond motifs is 3. The molecule has 0 bridgehead atoms. The van der Waals surface area contributed by atoms with Gasteiger partial charge in [0, 0.05) is 30.0 Å². The van der Waals surface area contributed by atoms with Crippen LogP contribution in [0.1, 0.15) is 55.1 Å². The van der Waals surface area contributed by atoms with E-state index in [-0.39, 0.29) is 16.9 Å². The molecular weight excluding hydrogens is 356 g/mol. The minimum atomic E-state index is -0.0960. The molecule has 1 unspecified atom stereocenters. The van der Waals surface area contributed by atoms with Crippen LogP contribution in [0.3, 0.4) is 0 Å². The average molecular weight is 378 g/mol. The van der Waals surface area contributed by atoms with Gasteiger partial charge in [0.05, 0.1) is 17.3 Å². The minimum absolute atomic E-state index is 0.0596. The van der Waals surface area contributed by atoms with Crippen LogP contribution in [0.25, 0.3) is 11.0 Å². The summed E-state index contributed by atoms with van der Waals surface area (Å²) >= 11 is 0. The smallest absolute Gasteiger partial charge is 0.254 e. The highest BCUT2D eigenvalue weighted by Crippen LogP contribution is 2.46. The summed E-state index contributed by atoms with van der Waals surface area (Å²) in [4.78, 5) is 31.7. The predicted octanol–water partition coefficient (Wildman–Crippen LogP) is 1.38. The van der Waals surface area contributed by atoms with E-state index < -0.39 is 0 Å². The molecule has 1 saturated carbocycles. The highest BCUT2D eigenvalue weighted by Gasteiger charge is 2.46. The molecule has 28 heavy (non-hydrogen) atoms. The highest BCUT2D eigenvalue weighted by molar-refractivity contribution is 5.87. The van der Waals surface area contributed by atoms with E-state index >= 15 is 0 Å². The van der Waals surface area contributed by atoms with E-state index in [0.29, 0.717) is 11.6 Å². The van der Waals surface area contributed by atoms with E-state index in [2.05, 4.69) is 30.0 Å². The second-order valence-electron chi connectivity index (χ2n) is 8.40. The fraction of sp³-hybridized carbons (Fsp3) is 0.526. The Bertz CT molecular complexity index is 1150. The summed E-state index contributed by atoms with van der Waals surface area (Å²) in [6.07, 6.45) is 7.82. The minimum Gasteiger partial charge on any atom is -0.368 e. The van der Waals surface area contributed by atoms with Crippen LogP contribution in [0, 0.1) is 0 Å². The van der Waals surface area contributed by atoms with E-state index in [4.69, 9.17) is 10.7 Å². The van der Waals surface area contributed by atoms with Crippen molar-refractivity contribution in [1.29, 1.82) is 0 Å². The summed E-state index contributed by atoms with van der Waals surface area (Å²) in [5.41, 5.74) is 8.45. The summed E-state index contributed by atoms with van der Waals surface area (Å²) < 4.78 is 0. The quantitative estimate of drug-likeness (QED) is 0.614. The lowest BCUT2D eigenvalue weighted by Crippen LogP contribution is -2.46. The second kappa shape index (κ2) is 5.52. The molecule has 9 nitrogen and oxygen atoms in total. The Morgan fingerprint density at radius 1 is 1.21 bits per heavy atom. The molecule has 9 heteroatoms. The molecule has 4 heterocycles. The number of hydrogen-bond acceptors (Lipinski definition) is 7. The highest BCUT2D eigenvalue weighted by atomic mass is 16.1. The average Bonchev–Trinajstić information content (AvgIpc) is 3.35. The van der Waals surface area contributed by atoms with Crippen molar-refractivity contribution >= 4 is 22.8 Å². The summed E-state index contributed by atoms with van der Waals surface area (Å²) in [7, 11) is 0. The lowest BCUT2D eigenvalue weighted by Gasteiger charge is -2.41. The van der Waals surface area contributed by atoms with E-state index in [9.17, 15) is 4.79 Å². The number of nitrogens with one attached hydrogen (secondary N) is 2. The normalized spacial score (nSPS) is 24.2. The first-order valence-electron chi connectivity index (χ1n) is 9.98. The van der Waals surface area contributed by atoms with E-state index in [1.807, 2.05) is 0 Å². The topological polar surface area (TPSA) is 129 Å². The summed E-state index contributed by atoms with van der Waals surface area (Å²) in [5.74, 6) is 2.37. The van der Waals surface area contributed by atoms with E-state index in [1.165, 1.54) is 0 Å². The van der Waals surface area contributed by atoms with E-state index in [1.54, 1.807) is 6.20 Å². The third-order valence-electron chi connectivity index (χ3n) is 6.54. The van der Waals surface area contributed by atoms with Gasteiger partial charge in [0.2, 0.25) is 5.95 Å². The van der Waals surface area contributed by atoms with Crippen molar-refractivity contribution in [2.75, 3.05) is 23.7 Å². The maximum Gasteiger partial charge on any atom is 0.254 e. The van der Waals surface area contributed by atoms with Crippen molar-refractivity contribution in [1.82, 2.24) is 30.1 Å². The number of rotatable bonds is 2. The number of anilines is 2. The van der Waals surface area contributed by atoms with Crippen molar-refractivity contribution in [2.45, 2.75) is 49.9 Å². The molecule has 2 aliphatic carbocycles. The Kier molecular flexibility index (Phi) is 3.16. The molecule has 4 N–H and O–H groups in total. The van der Waals surface area contributed by atoms with Crippen LogP contribution in [0.2, 0.25) is 0 Å². The van der Waals surface area contributed by atoms with Gasteiger partial charge in [0.15, 0.2) is 5.65 Å². The molecule has 3 aromatic heterocycles. The van der Waals surface area contributed by atoms with Crippen molar-refractivity contribution in [3.05, 3.63) is 33.6 Å². The molecule has 0 radical (unpaired) electrons. The first-order valence-corrected chi connectivity index (χ1v) is 9.98. The number of aromatic nitrogens is 6. The number of H-pyrrole nitrogens is 2. The molecule has 1 saturated heterocycles. The van der Waals surface area contributed by atoms with Crippen molar-refractivity contribution in [2.24, 2.45) is 0 Å². The van der Waals surface area contributed by atoms with Gasteiger partial charge in [-0.05, 0) is 38.5 Å². The van der Waals surface area contributed by atoms with Gasteiger partial charge in [0.25, 0.3) is 5.56 Å². The lowest BCUT2D eigenvalue weighted by molar-refractivity contribution is 0.333. The third kappa shape index (κ3) is 2.28. The number of aromatic amines is 2. The van der Waals surface area contributed by atoms with Gasteiger partial charge in [-0.2, -0.15) is 15.1 Å². The fourth-order valence-corrected chi connectivity index (χ4v) is 5.01. The Labute approximate surface area is 160 Å². The summed E-state index contributed by atoms with van der Waals surface area (Å²) in [6.45, 7) is 1.68. The molecule has 6 rings (SSSR count). The largest absolute Gasteiger partial charge is 0.368 e. The Balaban J connectivity index is 1.44. The second-order valence-corrected chi connectivity index (χ2v) is 8.40. The number of nitrogens with zero attached hydrogens (tertiary/aromatic N) is 5. The van der Waals surface area contributed by atoms with Crippen LogP contribution < -0.4 is 16.2 Å². The van der Waals surface area contributed by atoms with E-state index in [0.717, 1.165) is 79.9 Å². The van der Waals surface area contributed by atoms with Crippen molar-refractivity contribution < 1.29 is 0 Å². The van der Waals surface area contributed by atoms with Crippen LogP contribution in [0.15, 0.2) is 11.0 Å². The molecule has 0 aromatic carbocycles. The zero-order valence-corrected chi connectivity index (χ0v) is 15.5. The lowest BCUT2D eigenvalue weighted by atomic mass is 9.77. The Morgan fingerprint density at radius 2 is 2.11 bits per heavy atom. The van der Waals surface area contributed by atoms with Crippen LogP contribution >= 0.6 is 0 Å². The zero-order valence-electron chi connectivity index (χ0n) is 15.5. The first kappa shape index (κ1) is 16.0. The first-order chi connectivity index (χ1) is 13.6. The zero-order chi connectivity index (χ0) is 18.9. The third-order valence-corrected chi connectivity index (χ3v) is 6.54.